The maximum atomic E-state index is 6.11. The molecule has 2 heterocycles. The van der Waals surface area contributed by atoms with Gasteiger partial charge in [-0.2, -0.15) is 0 Å². The van der Waals surface area contributed by atoms with Crippen LogP contribution in [0.2, 0.25) is 5.15 Å². The summed E-state index contributed by atoms with van der Waals surface area (Å²) in [5, 5.41) is 0.533. The number of hydrogen-bond acceptors (Lipinski definition) is 3. The van der Waals surface area contributed by atoms with E-state index in [1.807, 2.05) is 0 Å². The number of anilines is 1. The van der Waals surface area contributed by atoms with Crippen molar-refractivity contribution in [3.63, 3.8) is 0 Å². The molecule has 1 unspecified atom stereocenters. The number of halogens is 1. The zero-order chi connectivity index (χ0) is 11.4. The van der Waals surface area contributed by atoms with Crippen LogP contribution >= 0.6 is 11.6 Å². The fourth-order valence-corrected chi connectivity index (χ4v) is 2.63. The van der Waals surface area contributed by atoms with E-state index in [9.17, 15) is 0 Å². The first kappa shape index (κ1) is 11.6. The molecule has 4 heteroatoms. The summed E-state index contributed by atoms with van der Waals surface area (Å²) in [6.07, 6.45) is 9.59. The molecule has 1 aromatic heterocycles. The maximum Gasteiger partial charge on any atom is 0.171 e. The average molecular weight is 240 g/mol. The van der Waals surface area contributed by atoms with Gasteiger partial charge in [-0.25, -0.2) is 9.97 Å². The minimum atomic E-state index is 0.533. The summed E-state index contributed by atoms with van der Waals surface area (Å²) in [6.45, 7) is 3.29. The van der Waals surface area contributed by atoms with Crippen LogP contribution in [-0.2, 0) is 0 Å². The van der Waals surface area contributed by atoms with Gasteiger partial charge in [0.25, 0.3) is 0 Å². The molecule has 1 fully saturated rings. The Hall–Kier alpha value is -0.830. The SMILES string of the molecule is CCCC1CCCCN1c1nccnc1Cl. The lowest BCUT2D eigenvalue weighted by molar-refractivity contribution is 0.431. The monoisotopic (exact) mass is 239 g/mol. The van der Waals surface area contributed by atoms with E-state index in [1.165, 1.54) is 32.1 Å². The van der Waals surface area contributed by atoms with E-state index >= 15 is 0 Å². The predicted molar refractivity (Wildman–Crippen MR) is 66.9 cm³/mol. The Morgan fingerprint density at radius 1 is 1.38 bits per heavy atom. The highest BCUT2D eigenvalue weighted by Crippen LogP contribution is 2.29. The fourth-order valence-electron chi connectivity index (χ4n) is 2.42. The summed E-state index contributed by atoms with van der Waals surface area (Å²) in [5.41, 5.74) is 0. The summed E-state index contributed by atoms with van der Waals surface area (Å²) in [5.74, 6) is 0.863. The molecule has 0 aromatic carbocycles. The average Bonchev–Trinajstić information content (AvgIpc) is 2.31. The molecule has 0 saturated carbocycles. The largest absolute Gasteiger partial charge is 0.351 e. The lowest BCUT2D eigenvalue weighted by Gasteiger charge is -2.36. The number of aromatic nitrogens is 2. The molecule has 1 aliphatic heterocycles. The van der Waals surface area contributed by atoms with Gasteiger partial charge in [0.15, 0.2) is 11.0 Å². The summed E-state index contributed by atoms with van der Waals surface area (Å²) < 4.78 is 0. The van der Waals surface area contributed by atoms with Gasteiger partial charge in [0.1, 0.15) is 0 Å². The predicted octanol–water partition coefficient (Wildman–Crippen LogP) is 3.29. The molecule has 16 heavy (non-hydrogen) atoms. The molecule has 0 aliphatic carbocycles. The van der Waals surface area contributed by atoms with Crippen LogP contribution < -0.4 is 4.90 Å². The molecule has 1 atom stereocenters. The molecule has 1 aromatic rings. The van der Waals surface area contributed by atoms with Crippen LogP contribution in [0.25, 0.3) is 0 Å². The Bertz CT molecular complexity index is 341. The van der Waals surface area contributed by atoms with Crippen LogP contribution in [0.3, 0.4) is 0 Å². The van der Waals surface area contributed by atoms with Gasteiger partial charge in [-0.15, -0.1) is 0 Å². The highest BCUT2D eigenvalue weighted by atomic mass is 35.5. The molecular weight excluding hydrogens is 222 g/mol. The minimum Gasteiger partial charge on any atom is -0.351 e. The van der Waals surface area contributed by atoms with Crippen molar-refractivity contribution in [3.05, 3.63) is 17.5 Å². The van der Waals surface area contributed by atoms with Crippen molar-refractivity contribution in [2.24, 2.45) is 0 Å². The van der Waals surface area contributed by atoms with Gasteiger partial charge in [0.05, 0.1) is 0 Å². The van der Waals surface area contributed by atoms with Crippen molar-refractivity contribution in [2.75, 3.05) is 11.4 Å². The van der Waals surface area contributed by atoms with E-state index in [2.05, 4.69) is 21.8 Å². The summed E-state index contributed by atoms with van der Waals surface area (Å²) in [4.78, 5) is 10.8. The lowest BCUT2D eigenvalue weighted by Crippen LogP contribution is -2.40. The third kappa shape index (κ3) is 2.46. The van der Waals surface area contributed by atoms with Gasteiger partial charge in [-0.1, -0.05) is 24.9 Å². The summed E-state index contributed by atoms with van der Waals surface area (Å²) in [7, 11) is 0. The van der Waals surface area contributed by atoms with Gasteiger partial charge in [-0.05, 0) is 25.7 Å². The number of piperidine rings is 1. The molecule has 1 saturated heterocycles. The van der Waals surface area contributed by atoms with Crippen molar-refractivity contribution < 1.29 is 0 Å². The van der Waals surface area contributed by atoms with Crippen LogP contribution in [0.1, 0.15) is 39.0 Å². The fraction of sp³-hybridized carbons (Fsp3) is 0.667. The molecule has 0 bridgehead atoms. The van der Waals surface area contributed by atoms with E-state index in [0.29, 0.717) is 11.2 Å². The smallest absolute Gasteiger partial charge is 0.171 e. The Labute approximate surface area is 102 Å². The zero-order valence-electron chi connectivity index (χ0n) is 9.69. The molecule has 1 aliphatic rings. The zero-order valence-corrected chi connectivity index (χ0v) is 10.5. The quantitative estimate of drug-likeness (QED) is 0.811. The molecule has 0 spiro atoms. The molecule has 0 radical (unpaired) electrons. The first-order chi connectivity index (χ1) is 7.83. The van der Waals surface area contributed by atoms with E-state index in [4.69, 9.17) is 11.6 Å². The lowest BCUT2D eigenvalue weighted by atomic mass is 9.98. The van der Waals surface area contributed by atoms with Crippen molar-refractivity contribution >= 4 is 17.4 Å². The molecular formula is C12H18ClN3. The summed E-state index contributed by atoms with van der Waals surface area (Å²) >= 11 is 6.11. The van der Waals surface area contributed by atoms with Crippen molar-refractivity contribution in [1.29, 1.82) is 0 Å². The van der Waals surface area contributed by atoms with Crippen molar-refractivity contribution in [1.82, 2.24) is 9.97 Å². The second-order valence-corrected chi connectivity index (χ2v) is 4.66. The second kappa shape index (κ2) is 5.48. The van der Waals surface area contributed by atoms with Gasteiger partial charge >= 0.3 is 0 Å². The normalized spacial score (nSPS) is 21.1. The Kier molecular flexibility index (Phi) is 3.99. The first-order valence-electron chi connectivity index (χ1n) is 6.06. The van der Waals surface area contributed by atoms with Crippen molar-refractivity contribution in [2.45, 2.75) is 45.1 Å². The van der Waals surface area contributed by atoms with Crippen LogP contribution in [0.15, 0.2) is 12.4 Å². The molecule has 0 N–H and O–H groups in total. The number of hydrogen-bond donors (Lipinski definition) is 0. The molecule has 88 valence electrons. The Morgan fingerprint density at radius 2 is 2.19 bits per heavy atom. The van der Waals surface area contributed by atoms with Gasteiger partial charge in [0, 0.05) is 25.0 Å². The number of nitrogens with zero attached hydrogens (tertiary/aromatic N) is 3. The molecule has 0 amide bonds. The Balaban J connectivity index is 2.19. The highest BCUT2D eigenvalue weighted by molar-refractivity contribution is 6.31. The topological polar surface area (TPSA) is 29.0 Å². The first-order valence-corrected chi connectivity index (χ1v) is 6.44. The standard InChI is InChI=1S/C12H18ClN3/c1-2-5-10-6-3-4-9-16(10)12-11(13)14-7-8-15-12/h7-8,10H,2-6,9H2,1H3. The van der Waals surface area contributed by atoms with E-state index in [0.717, 1.165) is 12.4 Å². The number of rotatable bonds is 3. The Morgan fingerprint density at radius 3 is 2.94 bits per heavy atom. The van der Waals surface area contributed by atoms with E-state index in [1.54, 1.807) is 12.4 Å². The van der Waals surface area contributed by atoms with E-state index < -0.39 is 0 Å². The highest BCUT2D eigenvalue weighted by Gasteiger charge is 2.24. The van der Waals surface area contributed by atoms with Gasteiger partial charge in [0.2, 0.25) is 0 Å². The van der Waals surface area contributed by atoms with Gasteiger partial charge < -0.3 is 4.90 Å². The maximum absolute atomic E-state index is 6.11. The minimum absolute atomic E-state index is 0.533. The van der Waals surface area contributed by atoms with Crippen molar-refractivity contribution in [3.8, 4) is 0 Å². The van der Waals surface area contributed by atoms with Crippen LogP contribution in [0.5, 0.6) is 0 Å². The molecule has 3 nitrogen and oxygen atoms in total. The van der Waals surface area contributed by atoms with E-state index in [-0.39, 0.29) is 0 Å². The van der Waals surface area contributed by atoms with Crippen LogP contribution in [0.4, 0.5) is 5.82 Å². The van der Waals surface area contributed by atoms with Crippen LogP contribution in [0, 0.1) is 0 Å². The van der Waals surface area contributed by atoms with Gasteiger partial charge in [-0.3, -0.25) is 0 Å². The third-order valence-electron chi connectivity index (χ3n) is 3.16. The second-order valence-electron chi connectivity index (χ2n) is 4.30. The molecule has 2 rings (SSSR count). The summed E-state index contributed by atoms with van der Waals surface area (Å²) in [6, 6.07) is 0.591. The third-order valence-corrected chi connectivity index (χ3v) is 3.42. The van der Waals surface area contributed by atoms with Crippen LogP contribution in [-0.4, -0.2) is 22.6 Å².